The van der Waals surface area contributed by atoms with Crippen molar-refractivity contribution >= 4 is 41.8 Å². The Hall–Kier alpha value is -3.80. The summed E-state index contributed by atoms with van der Waals surface area (Å²) in [5, 5.41) is 9.20. The lowest BCUT2D eigenvalue weighted by molar-refractivity contribution is -0.126. The fourth-order valence-electron chi connectivity index (χ4n) is 3.88. The lowest BCUT2D eigenvalue weighted by Crippen LogP contribution is -2.41. The Morgan fingerprint density at radius 1 is 1.10 bits per heavy atom. The van der Waals surface area contributed by atoms with Gasteiger partial charge in [0.25, 0.3) is 0 Å². The van der Waals surface area contributed by atoms with Crippen LogP contribution >= 0.6 is 0 Å². The van der Waals surface area contributed by atoms with Gasteiger partial charge < -0.3 is 30.2 Å². The van der Waals surface area contributed by atoms with Crippen LogP contribution in [0.15, 0.2) is 41.4 Å². The molecule has 1 saturated heterocycles. The van der Waals surface area contributed by atoms with Gasteiger partial charge in [-0.1, -0.05) is 6.58 Å². The van der Waals surface area contributed by atoms with Gasteiger partial charge in [-0.3, -0.25) is 14.5 Å². The van der Waals surface area contributed by atoms with Crippen molar-refractivity contribution in [3.8, 4) is 5.75 Å². The van der Waals surface area contributed by atoms with Crippen LogP contribution in [0.2, 0.25) is 0 Å². The summed E-state index contributed by atoms with van der Waals surface area (Å²) >= 11 is 0. The quantitative estimate of drug-likeness (QED) is 0.199. The number of benzene rings is 2. The van der Waals surface area contributed by atoms with Crippen LogP contribution in [-0.2, 0) is 19.1 Å². The summed E-state index contributed by atoms with van der Waals surface area (Å²) in [4.78, 5) is 30.9. The number of hydrogen-bond acceptors (Lipinski definition) is 8. The number of ether oxygens (including phenoxy) is 3. The van der Waals surface area contributed by atoms with Gasteiger partial charge in [0.05, 0.1) is 25.0 Å². The van der Waals surface area contributed by atoms with Gasteiger partial charge in [-0.2, -0.15) is 0 Å². The Morgan fingerprint density at radius 3 is 2.44 bits per heavy atom. The summed E-state index contributed by atoms with van der Waals surface area (Å²) in [6.07, 6.45) is 1.27. The molecule has 11 heteroatoms. The Labute approximate surface area is 227 Å². The van der Waals surface area contributed by atoms with E-state index in [0.29, 0.717) is 55.3 Å². The lowest BCUT2D eigenvalue weighted by atomic mass is 10.2. The highest BCUT2D eigenvalue weighted by Gasteiger charge is 2.13. The average molecular weight is 542 g/mol. The second kappa shape index (κ2) is 15.6. The Balaban J connectivity index is 1.58. The van der Waals surface area contributed by atoms with Crippen molar-refractivity contribution in [2.24, 2.45) is 4.99 Å². The summed E-state index contributed by atoms with van der Waals surface area (Å²) in [6.45, 7) is 10.6. The number of anilines is 2. The molecule has 1 fully saturated rings. The van der Waals surface area contributed by atoms with Gasteiger partial charge in [0.1, 0.15) is 30.4 Å². The third-order valence-corrected chi connectivity index (χ3v) is 5.80. The van der Waals surface area contributed by atoms with E-state index in [4.69, 9.17) is 14.2 Å². The smallest absolute Gasteiger partial charge is 0.233 e. The monoisotopic (exact) mass is 541 g/mol. The first-order valence-electron chi connectivity index (χ1n) is 12.8. The van der Waals surface area contributed by atoms with Crippen LogP contribution in [0.5, 0.6) is 5.75 Å². The van der Waals surface area contributed by atoms with Gasteiger partial charge in [0.15, 0.2) is 0 Å². The molecule has 10 nitrogen and oxygen atoms in total. The Morgan fingerprint density at radius 2 is 1.79 bits per heavy atom. The molecule has 0 atom stereocenters. The molecule has 0 saturated carbocycles. The highest BCUT2D eigenvalue weighted by Crippen LogP contribution is 2.16. The van der Waals surface area contributed by atoms with Crippen molar-refractivity contribution in [1.29, 1.82) is 0 Å². The fraction of sp³-hybridized carbons (Fsp3) is 0.393. The molecule has 1 aliphatic rings. The van der Waals surface area contributed by atoms with Crippen LogP contribution in [0.4, 0.5) is 15.8 Å². The number of nitrogens with zero attached hydrogens (tertiary/aromatic N) is 2. The summed E-state index contributed by atoms with van der Waals surface area (Å²) in [7, 11) is 1.56. The predicted octanol–water partition coefficient (Wildman–Crippen LogP) is 1.31. The predicted molar refractivity (Wildman–Crippen MR) is 150 cm³/mol. The highest BCUT2D eigenvalue weighted by atomic mass is 19.1. The molecule has 210 valence electrons. The Kier molecular flexibility index (Phi) is 11.9. The number of methoxy groups -OCH3 is 1. The molecule has 39 heavy (non-hydrogen) atoms. The van der Waals surface area contributed by atoms with Crippen molar-refractivity contribution in [3.05, 3.63) is 52.7 Å². The normalized spacial score (nSPS) is 14.6. The van der Waals surface area contributed by atoms with E-state index in [1.165, 1.54) is 6.07 Å². The van der Waals surface area contributed by atoms with Crippen molar-refractivity contribution in [2.75, 3.05) is 70.3 Å². The summed E-state index contributed by atoms with van der Waals surface area (Å²) < 4.78 is 30.8. The highest BCUT2D eigenvalue weighted by molar-refractivity contribution is 6.03. The van der Waals surface area contributed by atoms with E-state index < -0.39 is 11.7 Å². The van der Waals surface area contributed by atoms with Crippen molar-refractivity contribution < 1.29 is 28.2 Å². The molecule has 2 amide bonds. The maximum Gasteiger partial charge on any atom is 0.233 e. The second-order valence-corrected chi connectivity index (χ2v) is 8.75. The standard InChI is InChI=1S/C28H36FN5O5/c1-4-30-28(27-20(2)17-23(18-24(27)29)39-16-15-37-3)33-22-7-5-21(6-8-22)32-26(36)19-25(35)31-9-10-34-11-13-38-14-12-34/h4-8,17-18,33H,2,9-16,19H2,1,3H3,(H,31,35)(H,32,36)/b28-27-,30-4-. The second-order valence-electron chi connectivity index (χ2n) is 8.75. The average Bonchev–Trinajstić information content (AvgIpc) is 2.90. The molecule has 0 unspecified atom stereocenters. The number of nitrogens with one attached hydrogen (secondary N) is 3. The topological polar surface area (TPSA) is 114 Å². The minimum absolute atomic E-state index is 0.212. The molecule has 2 aromatic rings. The SMILES string of the molecule is C=c1cc(OCCOC)cc(F)/c1=C(/N=C\C)Nc1ccc(NC(=O)CC(=O)NCCN2CCOCC2)cc1. The fourth-order valence-corrected chi connectivity index (χ4v) is 3.88. The maximum absolute atomic E-state index is 15.0. The molecule has 1 aliphatic heterocycles. The first kappa shape index (κ1) is 29.8. The van der Waals surface area contributed by atoms with Crippen LogP contribution in [0.25, 0.3) is 12.4 Å². The van der Waals surface area contributed by atoms with Crippen LogP contribution in [0, 0.1) is 5.82 Å². The van der Waals surface area contributed by atoms with E-state index >= 15 is 4.39 Å². The molecule has 3 rings (SSSR count). The van der Waals surface area contributed by atoms with E-state index in [1.807, 2.05) is 0 Å². The van der Waals surface area contributed by atoms with Gasteiger partial charge >= 0.3 is 0 Å². The number of aliphatic imine (C=N–C) groups is 1. The molecule has 2 aromatic carbocycles. The van der Waals surface area contributed by atoms with E-state index in [-0.39, 0.29) is 23.4 Å². The molecule has 0 aliphatic carbocycles. The van der Waals surface area contributed by atoms with Crippen LogP contribution in [-0.4, -0.2) is 82.6 Å². The first-order chi connectivity index (χ1) is 18.9. The van der Waals surface area contributed by atoms with Gasteiger partial charge in [0.2, 0.25) is 11.8 Å². The molecule has 1 heterocycles. The minimum Gasteiger partial charge on any atom is -0.491 e. The molecule has 3 N–H and O–H groups in total. The first-order valence-corrected chi connectivity index (χ1v) is 12.8. The van der Waals surface area contributed by atoms with Gasteiger partial charge in [-0.25, -0.2) is 9.38 Å². The zero-order valence-electron chi connectivity index (χ0n) is 22.4. The largest absolute Gasteiger partial charge is 0.491 e. The number of amides is 2. The van der Waals surface area contributed by atoms with E-state index in [9.17, 15) is 9.59 Å². The van der Waals surface area contributed by atoms with E-state index in [1.54, 1.807) is 50.6 Å². The molecule has 0 bridgehead atoms. The van der Waals surface area contributed by atoms with Crippen LogP contribution in [0.3, 0.4) is 0 Å². The number of carbonyl (C=O) groups excluding carboxylic acids is 2. The maximum atomic E-state index is 15.0. The summed E-state index contributed by atoms with van der Waals surface area (Å²) in [6, 6.07) is 9.70. The van der Waals surface area contributed by atoms with Crippen molar-refractivity contribution in [2.45, 2.75) is 13.3 Å². The number of halogens is 1. The van der Waals surface area contributed by atoms with Gasteiger partial charge in [-0.05, 0) is 42.5 Å². The number of morpholine rings is 1. The Bertz CT molecular complexity index is 1250. The van der Waals surface area contributed by atoms with Crippen molar-refractivity contribution in [1.82, 2.24) is 10.2 Å². The number of hydrogen-bond donors (Lipinski definition) is 3. The molecule has 0 radical (unpaired) electrons. The minimum atomic E-state index is -0.532. The van der Waals surface area contributed by atoms with Crippen molar-refractivity contribution in [3.63, 3.8) is 0 Å². The van der Waals surface area contributed by atoms with Gasteiger partial charge in [-0.15, -0.1) is 0 Å². The van der Waals surface area contributed by atoms with E-state index in [0.717, 1.165) is 19.6 Å². The third-order valence-electron chi connectivity index (χ3n) is 5.80. The zero-order chi connectivity index (χ0) is 28.0. The molecule has 0 spiro atoms. The number of carbonyl (C=O) groups is 2. The van der Waals surface area contributed by atoms with Crippen LogP contribution < -0.4 is 31.1 Å². The molecular formula is C28H36FN5O5. The summed E-state index contributed by atoms with van der Waals surface area (Å²) in [5.74, 6) is -0.663. The zero-order valence-corrected chi connectivity index (χ0v) is 22.4. The van der Waals surface area contributed by atoms with Gasteiger partial charge in [0, 0.05) is 56.9 Å². The third kappa shape index (κ3) is 9.78. The number of rotatable bonds is 13. The van der Waals surface area contributed by atoms with E-state index in [2.05, 4.69) is 32.4 Å². The molecular weight excluding hydrogens is 505 g/mol. The summed E-state index contributed by atoms with van der Waals surface area (Å²) in [5.41, 5.74) is 1.14. The molecule has 0 aromatic heterocycles. The van der Waals surface area contributed by atoms with Crippen LogP contribution in [0.1, 0.15) is 13.3 Å². The lowest BCUT2D eigenvalue weighted by Gasteiger charge is -2.26.